The molecule has 3 aromatic rings. The van der Waals surface area contributed by atoms with Crippen LogP contribution < -0.4 is 10.1 Å². The van der Waals surface area contributed by atoms with Gasteiger partial charge in [-0.2, -0.15) is 5.26 Å². The van der Waals surface area contributed by atoms with Crippen LogP contribution in [0.15, 0.2) is 48.2 Å². The Bertz CT molecular complexity index is 1190. The van der Waals surface area contributed by atoms with E-state index < -0.39 is 18.5 Å². The zero-order chi connectivity index (χ0) is 22.4. The van der Waals surface area contributed by atoms with Gasteiger partial charge in [0.25, 0.3) is 5.91 Å². The minimum absolute atomic E-state index is 0.00951. The largest absolute Gasteiger partial charge is 0.480 e. The molecule has 0 saturated heterocycles. The lowest BCUT2D eigenvalue weighted by molar-refractivity contribution is -0.139. The van der Waals surface area contributed by atoms with Crippen LogP contribution in [0.5, 0.6) is 5.75 Å². The molecule has 0 unspecified atom stereocenters. The number of carboxylic acids is 1. The molecule has 2 aromatic carbocycles. The molecule has 0 aliphatic carbocycles. The van der Waals surface area contributed by atoms with Crippen molar-refractivity contribution in [2.45, 2.75) is 6.42 Å². The minimum Gasteiger partial charge on any atom is -0.480 e. The highest BCUT2D eigenvalue weighted by atomic mass is 127. The molecule has 0 bridgehead atoms. The molecule has 9 heteroatoms. The van der Waals surface area contributed by atoms with Gasteiger partial charge in [-0.3, -0.25) is 4.79 Å². The second-order valence-corrected chi connectivity index (χ2v) is 8.86. The molecule has 1 amide bonds. The number of hydrogen-bond acceptors (Lipinski definition) is 4. The summed E-state index contributed by atoms with van der Waals surface area (Å²) in [5, 5.41) is 22.1. The zero-order valence-corrected chi connectivity index (χ0v) is 20.4. The van der Waals surface area contributed by atoms with E-state index in [2.05, 4.69) is 10.3 Å². The molecule has 31 heavy (non-hydrogen) atoms. The van der Waals surface area contributed by atoms with Crippen molar-refractivity contribution in [2.24, 2.45) is 0 Å². The summed E-state index contributed by atoms with van der Waals surface area (Å²) in [5.41, 5.74) is 2.78. The van der Waals surface area contributed by atoms with Crippen LogP contribution in [0.2, 0.25) is 0 Å². The number of nitriles is 1. The number of ether oxygens (including phenoxy) is 1. The Morgan fingerprint density at radius 3 is 2.61 bits per heavy atom. The number of nitrogens with zero attached hydrogens (tertiary/aromatic N) is 1. The molecule has 3 rings (SSSR count). The van der Waals surface area contributed by atoms with Gasteiger partial charge in [-0.05, 0) is 87.0 Å². The van der Waals surface area contributed by atoms with Crippen LogP contribution in [0, 0.1) is 18.5 Å². The van der Waals surface area contributed by atoms with E-state index in [1.165, 1.54) is 6.08 Å². The number of aromatic nitrogens is 1. The molecule has 0 atom stereocenters. The van der Waals surface area contributed by atoms with Crippen LogP contribution in [0.1, 0.15) is 11.1 Å². The number of benzene rings is 2. The number of aliphatic carboxylic acids is 1. The van der Waals surface area contributed by atoms with Crippen LogP contribution in [0.3, 0.4) is 0 Å². The Labute approximate surface area is 205 Å². The molecule has 0 spiro atoms. The molecule has 0 aliphatic rings. The smallest absolute Gasteiger partial charge is 0.341 e. The van der Waals surface area contributed by atoms with Crippen molar-refractivity contribution in [3.8, 4) is 11.8 Å². The van der Waals surface area contributed by atoms with E-state index in [1.807, 2.05) is 81.7 Å². The van der Waals surface area contributed by atoms with E-state index in [1.54, 1.807) is 12.1 Å². The summed E-state index contributed by atoms with van der Waals surface area (Å²) >= 11 is 4.06. The van der Waals surface area contributed by atoms with Crippen LogP contribution in [0.25, 0.3) is 17.0 Å². The van der Waals surface area contributed by atoms with Gasteiger partial charge in [0.1, 0.15) is 17.4 Å². The Hall–Kier alpha value is -2.59. The van der Waals surface area contributed by atoms with Crippen molar-refractivity contribution in [1.82, 2.24) is 10.3 Å². The zero-order valence-electron chi connectivity index (χ0n) is 16.1. The van der Waals surface area contributed by atoms with Crippen LogP contribution in [-0.4, -0.2) is 35.1 Å². The van der Waals surface area contributed by atoms with Crippen LogP contribution in [-0.2, 0) is 16.0 Å². The van der Waals surface area contributed by atoms with Crippen LogP contribution >= 0.6 is 45.2 Å². The van der Waals surface area contributed by atoms with Gasteiger partial charge in [0.15, 0.2) is 6.61 Å². The van der Waals surface area contributed by atoms with Crippen molar-refractivity contribution < 1.29 is 19.4 Å². The maximum absolute atomic E-state index is 12.5. The Morgan fingerprint density at radius 2 is 1.94 bits per heavy atom. The van der Waals surface area contributed by atoms with Gasteiger partial charge < -0.3 is 20.1 Å². The maximum Gasteiger partial charge on any atom is 0.341 e. The summed E-state index contributed by atoms with van der Waals surface area (Å²) in [4.78, 5) is 26.4. The highest BCUT2D eigenvalue weighted by molar-refractivity contribution is 14.1. The highest BCUT2D eigenvalue weighted by Crippen LogP contribution is 2.30. The first-order valence-electron chi connectivity index (χ1n) is 9.17. The lowest BCUT2D eigenvalue weighted by atomic mass is 10.1. The average Bonchev–Trinajstić information content (AvgIpc) is 3.14. The van der Waals surface area contributed by atoms with E-state index >= 15 is 0 Å². The third kappa shape index (κ3) is 5.98. The standard InChI is InChI=1S/C22H17I2N3O4/c23-17-8-13(9-18(24)21(17)31-12-20(28)29)7-15(10-25)22(30)26-6-5-14-11-27-19-4-2-1-3-16(14)19/h1-4,7-9,11,27H,5-6,12H2,(H,26,30)(H,28,29)/b15-7-. The fraction of sp³-hybridized carbons (Fsp3) is 0.136. The Morgan fingerprint density at radius 1 is 1.23 bits per heavy atom. The van der Waals surface area contributed by atoms with E-state index in [4.69, 9.17) is 9.84 Å². The van der Waals surface area contributed by atoms with Gasteiger partial charge in [-0.15, -0.1) is 0 Å². The van der Waals surface area contributed by atoms with Crippen molar-refractivity contribution in [3.63, 3.8) is 0 Å². The molecule has 1 heterocycles. The van der Waals surface area contributed by atoms with E-state index in [9.17, 15) is 14.9 Å². The van der Waals surface area contributed by atoms with Gasteiger partial charge in [-0.25, -0.2) is 4.79 Å². The number of rotatable bonds is 8. The summed E-state index contributed by atoms with van der Waals surface area (Å²) in [6.07, 6.45) is 4.07. The topological polar surface area (TPSA) is 115 Å². The number of halogens is 2. The summed E-state index contributed by atoms with van der Waals surface area (Å²) in [6, 6.07) is 13.4. The second kappa shape index (κ2) is 10.6. The van der Waals surface area contributed by atoms with Crippen molar-refractivity contribution in [2.75, 3.05) is 13.2 Å². The number of H-pyrrole nitrogens is 1. The van der Waals surface area contributed by atoms with E-state index in [-0.39, 0.29) is 5.57 Å². The number of hydrogen-bond donors (Lipinski definition) is 3. The summed E-state index contributed by atoms with van der Waals surface area (Å²) in [5.74, 6) is -1.05. The number of amides is 1. The van der Waals surface area contributed by atoms with Crippen molar-refractivity contribution >= 4 is 74.0 Å². The molecular weight excluding hydrogens is 624 g/mol. The normalized spacial score (nSPS) is 11.2. The van der Waals surface area contributed by atoms with Gasteiger partial charge >= 0.3 is 5.97 Å². The predicted molar refractivity (Wildman–Crippen MR) is 134 cm³/mol. The Kier molecular flexibility index (Phi) is 7.91. The molecule has 3 N–H and O–H groups in total. The lowest BCUT2D eigenvalue weighted by Gasteiger charge is -2.10. The van der Waals surface area contributed by atoms with Crippen LogP contribution in [0.4, 0.5) is 0 Å². The second-order valence-electron chi connectivity index (χ2n) is 6.53. The molecule has 1 aromatic heterocycles. The first kappa shape index (κ1) is 23.1. The number of fused-ring (bicyclic) bond motifs is 1. The minimum atomic E-state index is -1.06. The van der Waals surface area contributed by atoms with Gasteiger partial charge in [0.05, 0.1) is 7.14 Å². The fourth-order valence-electron chi connectivity index (χ4n) is 2.99. The summed E-state index contributed by atoms with van der Waals surface area (Å²) < 4.78 is 6.68. The highest BCUT2D eigenvalue weighted by Gasteiger charge is 2.13. The summed E-state index contributed by atoms with van der Waals surface area (Å²) in [6.45, 7) is -0.0415. The first-order chi connectivity index (χ1) is 14.9. The number of para-hydroxylation sites is 1. The lowest BCUT2D eigenvalue weighted by Crippen LogP contribution is -2.26. The molecule has 0 aliphatic heterocycles. The quantitative estimate of drug-likeness (QED) is 0.195. The monoisotopic (exact) mass is 641 g/mol. The van der Waals surface area contributed by atoms with Gasteiger partial charge in [0.2, 0.25) is 0 Å². The first-order valence-corrected chi connectivity index (χ1v) is 11.3. The fourth-order valence-corrected chi connectivity index (χ4v) is 5.12. The molecule has 7 nitrogen and oxygen atoms in total. The van der Waals surface area contributed by atoms with Gasteiger partial charge in [-0.1, -0.05) is 18.2 Å². The van der Waals surface area contributed by atoms with E-state index in [0.29, 0.717) is 31.4 Å². The van der Waals surface area contributed by atoms with E-state index in [0.717, 1.165) is 16.5 Å². The third-order valence-corrected chi connectivity index (χ3v) is 5.99. The number of nitrogens with one attached hydrogen (secondary N) is 2. The van der Waals surface area contributed by atoms with Gasteiger partial charge in [0, 0.05) is 23.6 Å². The van der Waals surface area contributed by atoms with Crippen molar-refractivity contribution in [3.05, 3.63) is 66.4 Å². The number of carbonyl (C=O) groups excluding carboxylic acids is 1. The predicted octanol–water partition coefficient (Wildman–Crippen LogP) is 4.11. The average molecular weight is 641 g/mol. The molecule has 0 radical (unpaired) electrons. The SMILES string of the molecule is N#C/C(=C/c1cc(I)c(OCC(=O)O)c(I)c1)C(=O)NCCc1c[nH]c2ccccc12. The number of aromatic amines is 1. The maximum atomic E-state index is 12.5. The number of carbonyl (C=O) groups is 2. The molecular formula is C22H17I2N3O4. The summed E-state index contributed by atoms with van der Waals surface area (Å²) in [7, 11) is 0. The Balaban J connectivity index is 1.67. The molecule has 0 fully saturated rings. The number of carboxylic acid groups (broad SMARTS) is 1. The third-order valence-electron chi connectivity index (χ3n) is 4.39. The van der Waals surface area contributed by atoms with Crippen molar-refractivity contribution in [1.29, 1.82) is 5.26 Å². The molecule has 158 valence electrons. The molecule has 0 saturated carbocycles.